The number of aliphatic hydroxyl groups is 1. The lowest BCUT2D eigenvalue weighted by Crippen LogP contribution is -2.18. The van der Waals surface area contributed by atoms with Gasteiger partial charge < -0.3 is 26.3 Å². The molecule has 0 aliphatic rings. The Morgan fingerprint density at radius 1 is 1.20 bits per heavy atom. The summed E-state index contributed by atoms with van der Waals surface area (Å²) in [4.78, 5) is 18.5. The van der Waals surface area contributed by atoms with Gasteiger partial charge in [-0.2, -0.15) is 0 Å². The van der Waals surface area contributed by atoms with E-state index in [1.54, 1.807) is 6.92 Å². The summed E-state index contributed by atoms with van der Waals surface area (Å²) < 4.78 is 5.97. The van der Waals surface area contributed by atoms with Crippen LogP contribution in [0.5, 0.6) is 5.75 Å². The van der Waals surface area contributed by atoms with E-state index < -0.39 is 12.0 Å². The summed E-state index contributed by atoms with van der Waals surface area (Å²) in [6.45, 7) is 3.15. The lowest BCUT2D eigenvalue weighted by Gasteiger charge is -2.19. The molecule has 0 bridgehead atoms. The van der Waals surface area contributed by atoms with Gasteiger partial charge in [-0.1, -0.05) is 31.0 Å². The Hall–Kier alpha value is -1.80. The van der Waals surface area contributed by atoms with Gasteiger partial charge >= 0.3 is 0 Å². The predicted molar refractivity (Wildman–Crippen MR) is 124 cm³/mol. The zero-order chi connectivity index (χ0) is 20.4. The molecule has 2 atom stereocenters. The van der Waals surface area contributed by atoms with Crippen molar-refractivity contribution in [1.82, 2.24) is 9.97 Å². The summed E-state index contributed by atoms with van der Waals surface area (Å²) >= 11 is 0. The lowest BCUT2D eigenvalue weighted by molar-refractivity contribution is 0.0995. The van der Waals surface area contributed by atoms with Crippen LogP contribution in [0.4, 0.5) is 0 Å². The molecule has 9 heteroatoms. The summed E-state index contributed by atoms with van der Waals surface area (Å²) in [5, 5.41) is 10.2. The number of nitrogens with one attached hydrogen (secondary N) is 1. The van der Waals surface area contributed by atoms with Crippen molar-refractivity contribution in [3.05, 3.63) is 47.5 Å². The highest BCUT2D eigenvalue weighted by Crippen LogP contribution is 2.27. The number of ether oxygens (including phenoxy) is 1. The van der Waals surface area contributed by atoms with Crippen molar-refractivity contribution in [2.75, 3.05) is 13.2 Å². The molecule has 2 aromatic rings. The lowest BCUT2D eigenvalue weighted by atomic mass is 9.94. The second-order valence-electron chi connectivity index (χ2n) is 7.08. The topological polar surface area (TPSA) is 127 Å². The van der Waals surface area contributed by atoms with Crippen LogP contribution in [-0.2, 0) is 6.42 Å². The van der Waals surface area contributed by atoms with E-state index in [1.165, 1.54) is 6.20 Å². The fourth-order valence-corrected chi connectivity index (χ4v) is 3.20. The third-order valence-electron chi connectivity index (χ3n) is 4.84. The number of rotatable bonds is 13. The van der Waals surface area contributed by atoms with Gasteiger partial charge in [-0.25, -0.2) is 4.98 Å². The fourth-order valence-electron chi connectivity index (χ4n) is 3.20. The highest BCUT2D eigenvalue weighted by molar-refractivity contribution is 5.90. The first-order chi connectivity index (χ1) is 13.5. The third-order valence-corrected chi connectivity index (χ3v) is 4.84. The minimum Gasteiger partial charge on any atom is -0.493 e. The summed E-state index contributed by atoms with van der Waals surface area (Å²) in [6, 6.07) is 7.97. The number of amides is 1. The molecule has 2 rings (SSSR count). The van der Waals surface area contributed by atoms with E-state index in [9.17, 15) is 9.90 Å². The zero-order valence-corrected chi connectivity index (χ0v) is 19.0. The second kappa shape index (κ2) is 15.1. The average molecular weight is 461 g/mol. The van der Waals surface area contributed by atoms with E-state index in [0.717, 1.165) is 50.0 Å². The number of aromatic nitrogens is 2. The second-order valence-corrected chi connectivity index (χ2v) is 7.08. The number of aliphatic hydroxyl groups excluding tert-OH is 1. The van der Waals surface area contributed by atoms with Crippen LogP contribution in [0.1, 0.15) is 66.8 Å². The number of hydrogen-bond acceptors (Lipinski definition) is 5. The molecule has 1 heterocycles. The Kier molecular flexibility index (Phi) is 14.2. The molecule has 1 amide bonds. The smallest absolute Gasteiger partial charge is 0.268 e. The van der Waals surface area contributed by atoms with E-state index >= 15 is 0 Å². The maximum atomic E-state index is 11.3. The summed E-state index contributed by atoms with van der Waals surface area (Å²) in [5.41, 5.74) is 12.1. The Labute approximate surface area is 190 Å². The van der Waals surface area contributed by atoms with E-state index in [2.05, 4.69) is 9.97 Å². The van der Waals surface area contributed by atoms with Crippen LogP contribution in [0.2, 0.25) is 0 Å². The first-order valence-electron chi connectivity index (χ1n) is 9.97. The molecule has 0 saturated heterocycles. The van der Waals surface area contributed by atoms with Crippen molar-refractivity contribution >= 4 is 30.7 Å². The maximum Gasteiger partial charge on any atom is 0.268 e. The van der Waals surface area contributed by atoms with Crippen molar-refractivity contribution in [1.29, 1.82) is 0 Å². The molecule has 0 saturated carbocycles. The molecule has 1 aromatic heterocycles. The van der Waals surface area contributed by atoms with Gasteiger partial charge in [0.15, 0.2) is 0 Å². The number of primary amides is 1. The maximum absolute atomic E-state index is 11.3. The fraction of sp³-hybridized carbons (Fsp3) is 0.524. The number of hydrogen-bond donors (Lipinski definition) is 4. The van der Waals surface area contributed by atoms with Crippen LogP contribution in [0.15, 0.2) is 30.5 Å². The van der Waals surface area contributed by atoms with E-state index in [1.807, 2.05) is 24.3 Å². The first-order valence-corrected chi connectivity index (χ1v) is 9.97. The number of aryl methyl sites for hydroxylation is 1. The summed E-state index contributed by atoms with van der Waals surface area (Å²) in [5.74, 6) is 0.638. The minimum atomic E-state index is -0.609. The van der Waals surface area contributed by atoms with Gasteiger partial charge in [0.1, 0.15) is 17.3 Å². The highest BCUT2D eigenvalue weighted by atomic mass is 35.5. The van der Waals surface area contributed by atoms with Crippen molar-refractivity contribution in [2.24, 2.45) is 11.5 Å². The molecule has 30 heavy (non-hydrogen) atoms. The number of nitrogens with zero attached hydrogens (tertiary/aromatic N) is 1. The quantitative estimate of drug-likeness (QED) is 0.340. The number of carbonyl (C=O) groups excluding carboxylic acids is 1. The molecule has 1 aromatic carbocycles. The number of imidazole rings is 1. The Morgan fingerprint density at radius 3 is 2.53 bits per heavy atom. The number of aromatic amines is 1. The molecule has 7 nitrogen and oxygen atoms in total. The minimum absolute atomic E-state index is 0. The number of H-pyrrole nitrogens is 1. The van der Waals surface area contributed by atoms with Gasteiger partial charge in [0, 0.05) is 12.1 Å². The van der Waals surface area contributed by atoms with Crippen LogP contribution in [-0.4, -0.2) is 40.2 Å². The summed E-state index contributed by atoms with van der Waals surface area (Å²) in [7, 11) is 0. The van der Waals surface area contributed by atoms with Crippen LogP contribution in [0.25, 0.3) is 0 Å². The molecule has 170 valence electrons. The largest absolute Gasteiger partial charge is 0.493 e. The number of nitrogens with two attached hydrogens (primary N) is 2. The standard InChI is InChI=1S/C21H32N4O3.2ClH/c1-15(26)17(21-24-14-18(25-21)20(23)27)11-10-16-8-4-5-9-19(16)28-13-7-3-2-6-12-22;;/h4-5,8-9,14-15,17,26H,2-3,6-7,10-13,22H2,1H3,(H2,23,27)(H,24,25);2*1H/t15-,17-;;/m0../s1. The first kappa shape index (κ1) is 28.2. The molecular weight excluding hydrogens is 427 g/mol. The van der Waals surface area contributed by atoms with Gasteiger partial charge in [0.05, 0.1) is 12.7 Å². The van der Waals surface area contributed by atoms with Gasteiger partial charge in [-0.15, -0.1) is 24.8 Å². The van der Waals surface area contributed by atoms with Crippen molar-refractivity contribution in [3.8, 4) is 5.75 Å². The molecule has 0 aliphatic carbocycles. The SMILES string of the molecule is C[C@H](O)[C@H](CCc1ccccc1OCCCCCCN)c1nc(C(N)=O)c[nH]1.Cl.Cl. The van der Waals surface area contributed by atoms with Crippen molar-refractivity contribution in [3.63, 3.8) is 0 Å². The molecule has 0 unspecified atom stereocenters. The summed E-state index contributed by atoms with van der Waals surface area (Å²) in [6.07, 6.45) is 6.58. The van der Waals surface area contributed by atoms with Crippen molar-refractivity contribution in [2.45, 2.75) is 57.5 Å². The molecule has 0 radical (unpaired) electrons. The Bertz CT molecular complexity index is 741. The average Bonchev–Trinajstić information content (AvgIpc) is 3.15. The number of para-hydroxylation sites is 1. The zero-order valence-electron chi connectivity index (χ0n) is 17.4. The van der Waals surface area contributed by atoms with Crippen LogP contribution < -0.4 is 16.2 Å². The monoisotopic (exact) mass is 460 g/mol. The number of unbranched alkanes of at least 4 members (excludes halogenated alkanes) is 3. The molecule has 6 N–H and O–H groups in total. The number of carbonyl (C=O) groups is 1. The van der Waals surface area contributed by atoms with Crippen molar-refractivity contribution < 1.29 is 14.6 Å². The highest BCUT2D eigenvalue weighted by Gasteiger charge is 2.22. The normalized spacial score (nSPS) is 12.4. The Morgan fingerprint density at radius 2 is 1.90 bits per heavy atom. The van der Waals surface area contributed by atoms with Gasteiger partial charge in [0.2, 0.25) is 0 Å². The molecule has 0 fully saturated rings. The van der Waals surface area contributed by atoms with Gasteiger partial charge in [-0.05, 0) is 50.8 Å². The van der Waals surface area contributed by atoms with E-state index in [0.29, 0.717) is 18.9 Å². The van der Waals surface area contributed by atoms with Crippen LogP contribution in [0, 0.1) is 0 Å². The third kappa shape index (κ3) is 8.92. The molecular formula is C21H34Cl2N4O3. The van der Waals surface area contributed by atoms with Crippen LogP contribution >= 0.6 is 24.8 Å². The van der Waals surface area contributed by atoms with E-state index in [4.69, 9.17) is 16.2 Å². The number of benzene rings is 1. The molecule has 0 aliphatic heterocycles. The van der Waals surface area contributed by atoms with Crippen LogP contribution in [0.3, 0.4) is 0 Å². The molecule has 0 spiro atoms. The number of halogens is 2. The Balaban J connectivity index is 0.00000420. The predicted octanol–water partition coefficient (Wildman–Crippen LogP) is 3.35. The van der Waals surface area contributed by atoms with Gasteiger partial charge in [0.25, 0.3) is 5.91 Å². The van der Waals surface area contributed by atoms with Gasteiger partial charge in [-0.3, -0.25) is 4.79 Å². The van der Waals surface area contributed by atoms with E-state index in [-0.39, 0.29) is 36.4 Å².